The van der Waals surface area contributed by atoms with Gasteiger partial charge in [0.05, 0.1) is 0 Å². The first-order valence-corrected chi connectivity index (χ1v) is 4.00. The lowest BCUT2D eigenvalue weighted by atomic mass is 9.73. The monoisotopic (exact) mass is 216 g/mol. The van der Waals surface area contributed by atoms with Crippen LogP contribution in [0.4, 0.5) is 0 Å². The second-order valence-corrected chi connectivity index (χ2v) is 3.61. The summed E-state index contributed by atoms with van der Waals surface area (Å²) in [6.07, 6.45) is 0. The molecule has 0 aliphatic heterocycles. The minimum Gasteiger partial charge on any atom is -0.481 e. The molecule has 0 heterocycles. The fourth-order valence-corrected chi connectivity index (χ4v) is 1.17. The van der Waals surface area contributed by atoms with Crippen LogP contribution in [0.3, 0.4) is 0 Å². The number of carboxylic acid groups (broad SMARTS) is 3. The van der Waals surface area contributed by atoms with Gasteiger partial charge in [0, 0.05) is 11.0 Å². The maximum absolute atomic E-state index is 10.7. The van der Waals surface area contributed by atoms with Gasteiger partial charge in [-0.2, -0.15) is 0 Å². The SMILES string of the molecule is C=C(C(=O)O)C(C)(C)C(C(=O)O)C(=O)O. The Hall–Kier alpha value is -1.85. The van der Waals surface area contributed by atoms with Gasteiger partial charge in [-0.1, -0.05) is 20.4 Å². The van der Waals surface area contributed by atoms with Gasteiger partial charge in [0.2, 0.25) is 0 Å². The molecule has 0 amide bonds. The lowest BCUT2D eigenvalue weighted by molar-refractivity contribution is -0.159. The van der Waals surface area contributed by atoms with Gasteiger partial charge < -0.3 is 15.3 Å². The third-order valence-corrected chi connectivity index (χ3v) is 2.25. The first-order chi connectivity index (χ1) is 6.62. The Morgan fingerprint density at radius 1 is 1.07 bits per heavy atom. The van der Waals surface area contributed by atoms with Crippen molar-refractivity contribution in [2.45, 2.75) is 13.8 Å². The summed E-state index contributed by atoms with van der Waals surface area (Å²) in [5, 5.41) is 26.0. The van der Waals surface area contributed by atoms with Gasteiger partial charge in [-0.25, -0.2) is 4.79 Å². The maximum atomic E-state index is 10.7. The molecule has 0 aliphatic carbocycles. The number of hydrogen-bond acceptors (Lipinski definition) is 3. The number of rotatable bonds is 5. The van der Waals surface area contributed by atoms with Gasteiger partial charge in [-0.3, -0.25) is 9.59 Å². The van der Waals surface area contributed by atoms with Crippen LogP contribution in [-0.2, 0) is 14.4 Å². The van der Waals surface area contributed by atoms with Crippen molar-refractivity contribution in [3.8, 4) is 0 Å². The summed E-state index contributed by atoms with van der Waals surface area (Å²) in [7, 11) is 0. The van der Waals surface area contributed by atoms with E-state index in [4.69, 9.17) is 15.3 Å². The van der Waals surface area contributed by atoms with E-state index in [9.17, 15) is 14.4 Å². The Kier molecular flexibility index (Phi) is 3.61. The van der Waals surface area contributed by atoms with Crippen LogP contribution in [0, 0.1) is 11.3 Å². The zero-order chi connectivity index (χ0) is 12.4. The fourth-order valence-electron chi connectivity index (χ4n) is 1.17. The van der Waals surface area contributed by atoms with E-state index < -0.39 is 34.8 Å². The van der Waals surface area contributed by atoms with Crippen molar-refractivity contribution in [3.05, 3.63) is 12.2 Å². The Morgan fingerprint density at radius 2 is 1.40 bits per heavy atom. The Labute approximate surface area is 85.8 Å². The van der Waals surface area contributed by atoms with Gasteiger partial charge in [0.15, 0.2) is 5.92 Å². The van der Waals surface area contributed by atoms with E-state index in [1.54, 1.807) is 0 Å². The standard InChI is InChI=1S/C9H12O6/c1-4(6(10)11)9(2,3)5(7(12)13)8(14)15/h5H,1H2,2-3H3,(H,10,11)(H,12,13)(H,14,15). The zero-order valence-corrected chi connectivity index (χ0v) is 8.35. The van der Waals surface area contributed by atoms with Crippen LogP contribution >= 0.6 is 0 Å². The molecule has 6 heteroatoms. The molecular formula is C9H12O6. The number of aliphatic carboxylic acids is 3. The highest BCUT2D eigenvalue weighted by Crippen LogP contribution is 2.34. The zero-order valence-electron chi connectivity index (χ0n) is 8.35. The fraction of sp³-hybridized carbons (Fsp3) is 0.444. The highest BCUT2D eigenvalue weighted by Gasteiger charge is 2.45. The van der Waals surface area contributed by atoms with Crippen molar-refractivity contribution in [2.75, 3.05) is 0 Å². The molecule has 0 unspecified atom stereocenters. The molecule has 0 aliphatic rings. The molecule has 0 saturated heterocycles. The number of hydrogen-bond donors (Lipinski definition) is 3. The summed E-state index contributed by atoms with van der Waals surface area (Å²) in [6, 6.07) is 0. The normalized spacial score (nSPS) is 11.1. The van der Waals surface area contributed by atoms with Gasteiger partial charge in [0.25, 0.3) is 0 Å². The highest BCUT2D eigenvalue weighted by atomic mass is 16.4. The smallest absolute Gasteiger partial charge is 0.331 e. The van der Waals surface area contributed by atoms with E-state index in [0.717, 1.165) is 0 Å². The molecule has 0 radical (unpaired) electrons. The van der Waals surface area contributed by atoms with Crippen LogP contribution in [-0.4, -0.2) is 33.2 Å². The Morgan fingerprint density at radius 3 is 1.60 bits per heavy atom. The van der Waals surface area contributed by atoms with Crippen LogP contribution < -0.4 is 0 Å². The molecule has 0 fully saturated rings. The molecule has 15 heavy (non-hydrogen) atoms. The summed E-state index contributed by atoms with van der Waals surface area (Å²) in [6.45, 7) is 5.62. The molecular weight excluding hydrogens is 204 g/mol. The second kappa shape index (κ2) is 4.12. The van der Waals surface area contributed by atoms with Crippen molar-refractivity contribution in [2.24, 2.45) is 11.3 Å². The first-order valence-electron chi connectivity index (χ1n) is 4.00. The molecule has 3 N–H and O–H groups in total. The van der Waals surface area contributed by atoms with Crippen LogP contribution in [0.15, 0.2) is 12.2 Å². The van der Waals surface area contributed by atoms with E-state index in [-0.39, 0.29) is 0 Å². The Balaban J connectivity index is 5.30. The largest absolute Gasteiger partial charge is 0.481 e. The van der Waals surface area contributed by atoms with E-state index in [1.165, 1.54) is 13.8 Å². The summed E-state index contributed by atoms with van der Waals surface area (Å²) >= 11 is 0. The Bertz CT molecular complexity index is 313. The average molecular weight is 216 g/mol. The summed E-state index contributed by atoms with van der Waals surface area (Å²) in [5.74, 6) is -6.42. The molecule has 0 rings (SSSR count). The molecule has 6 nitrogen and oxygen atoms in total. The van der Waals surface area contributed by atoms with Gasteiger partial charge in [-0.15, -0.1) is 0 Å². The first kappa shape index (κ1) is 13.2. The van der Waals surface area contributed by atoms with Crippen molar-refractivity contribution in [1.82, 2.24) is 0 Å². The molecule has 0 aromatic carbocycles. The van der Waals surface area contributed by atoms with Crippen LogP contribution in [0.1, 0.15) is 13.8 Å². The van der Waals surface area contributed by atoms with Crippen LogP contribution in [0.2, 0.25) is 0 Å². The molecule has 0 atom stereocenters. The van der Waals surface area contributed by atoms with Gasteiger partial charge >= 0.3 is 17.9 Å². The summed E-state index contributed by atoms with van der Waals surface area (Å²) in [4.78, 5) is 32.0. The van der Waals surface area contributed by atoms with Crippen molar-refractivity contribution in [3.63, 3.8) is 0 Å². The molecule has 0 aromatic rings. The lowest BCUT2D eigenvalue weighted by Gasteiger charge is -2.28. The minimum atomic E-state index is -1.83. The predicted molar refractivity (Wildman–Crippen MR) is 49.3 cm³/mol. The van der Waals surface area contributed by atoms with Crippen LogP contribution in [0.25, 0.3) is 0 Å². The summed E-state index contributed by atoms with van der Waals surface area (Å²) in [5.41, 5.74) is -2.00. The van der Waals surface area contributed by atoms with Gasteiger partial charge in [0.1, 0.15) is 0 Å². The molecule has 0 aromatic heterocycles. The van der Waals surface area contributed by atoms with E-state index in [2.05, 4.69) is 6.58 Å². The van der Waals surface area contributed by atoms with Crippen molar-refractivity contribution in [1.29, 1.82) is 0 Å². The third-order valence-electron chi connectivity index (χ3n) is 2.25. The van der Waals surface area contributed by atoms with Crippen molar-refractivity contribution < 1.29 is 29.7 Å². The van der Waals surface area contributed by atoms with E-state index in [0.29, 0.717) is 0 Å². The third kappa shape index (κ3) is 2.55. The minimum absolute atomic E-state index is 0.447. The van der Waals surface area contributed by atoms with Crippen LogP contribution in [0.5, 0.6) is 0 Å². The van der Waals surface area contributed by atoms with Gasteiger partial charge in [-0.05, 0) is 0 Å². The topological polar surface area (TPSA) is 112 Å². The maximum Gasteiger partial charge on any atom is 0.331 e. The lowest BCUT2D eigenvalue weighted by Crippen LogP contribution is -2.40. The predicted octanol–water partition coefficient (Wildman–Crippen LogP) is 0.439. The molecule has 84 valence electrons. The summed E-state index contributed by atoms with van der Waals surface area (Å²) < 4.78 is 0. The number of carboxylic acids is 3. The second-order valence-electron chi connectivity index (χ2n) is 3.61. The number of carbonyl (C=O) groups is 3. The van der Waals surface area contributed by atoms with E-state index in [1.807, 2.05) is 0 Å². The molecule has 0 bridgehead atoms. The van der Waals surface area contributed by atoms with Crippen molar-refractivity contribution >= 4 is 17.9 Å². The van der Waals surface area contributed by atoms with E-state index >= 15 is 0 Å². The molecule has 0 spiro atoms. The average Bonchev–Trinajstić information content (AvgIpc) is 1.99. The highest BCUT2D eigenvalue weighted by molar-refractivity contribution is 5.97. The quantitative estimate of drug-likeness (QED) is 0.454. The molecule has 0 saturated carbocycles.